The number of rotatable bonds is 6. The van der Waals surface area contributed by atoms with E-state index in [1.54, 1.807) is 25.4 Å². The number of methoxy groups -OCH3 is 1. The van der Waals surface area contributed by atoms with E-state index < -0.39 is 0 Å². The summed E-state index contributed by atoms with van der Waals surface area (Å²) >= 11 is 6.13. The highest BCUT2D eigenvalue weighted by Crippen LogP contribution is 2.32. The van der Waals surface area contributed by atoms with Crippen LogP contribution in [0.3, 0.4) is 0 Å². The van der Waals surface area contributed by atoms with E-state index in [4.69, 9.17) is 25.8 Å². The number of benzene rings is 2. The summed E-state index contributed by atoms with van der Waals surface area (Å²) in [6.45, 7) is 0.815. The fraction of sp³-hybridized carbons (Fsp3) is 0.167. The van der Waals surface area contributed by atoms with Crippen molar-refractivity contribution in [3.63, 3.8) is 0 Å². The van der Waals surface area contributed by atoms with Crippen molar-refractivity contribution in [1.82, 2.24) is 15.2 Å². The second kappa shape index (κ2) is 7.55. The molecule has 0 atom stereocenters. The molecule has 8 nitrogen and oxygen atoms in total. The van der Waals surface area contributed by atoms with Gasteiger partial charge < -0.3 is 24.8 Å². The molecule has 0 radical (unpaired) electrons. The number of aromatic nitrogens is 3. The average Bonchev–Trinajstić information content (AvgIpc) is 3.15. The Morgan fingerprint density at radius 3 is 2.89 bits per heavy atom. The van der Waals surface area contributed by atoms with Gasteiger partial charge in [0, 0.05) is 12.2 Å². The summed E-state index contributed by atoms with van der Waals surface area (Å²) < 4.78 is 15.8. The lowest BCUT2D eigenvalue weighted by Gasteiger charge is -2.09. The van der Waals surface area contributed by atoms with Gasteiger partial charge in [0.25, 0.3) is 0 Å². The minimum absolute atomic E-state index is 0.256. The molecule has 0 aliphatic carbocycles. The van der Waals surface area contributed by atoms with Gasteiger partial charge in [-0.25, -0.2) is 0 Å². The zero-order valence-electron chi connectivity index (χ0n) is 14.4. The van der Waals surface area contributed by atoms with Crippen LogP contribution < -0.4 is 24.8 Å². The van der Waals surface area contributed by atoms with E-state index in [-0.39, 0.29) is 6.79 Å². The number of hydrogen-bond acceptors (Lipinski definition) is 8. The average molecular weight is 386 g/mol. The van der Waals surface area contributed by atoms with Gasteiger partial charge in [0.2, 0.25) is 12.7 Å². The maximum Gasteiger partial charge on any atom is 0.249 e. The molecule has 138 valence electrons. The predicted octanol–water partition coefficient (Wildman–Crippen LogP) is 3.62. The van der Waals surface area contributed by atoms with Crippen molar-refractivity contribution in [2.75, 3.05) is 24.5 Å². The third kappa shape index (κ3) is 3.95. The first-order chi connectivity index (χ1) is 13.2. The normalized spacial score (nSPS) is 11.9. The van der Waals surface area contributed by atoms with Crippen LogP contribution in [0.2, 0.25) is 5.02 Å². The Hall–Kier alpha value is -3.26. The highest BCUT2D eigenvalue weighted by atomic mass is 35.5. The molecule has 2 N–H and O–H groups in total. The topological polar surface area (TPSA) is 90.4 Å². The van der Waals surface area contributed by atoms with Crippen LogP contribution in [0.1, 0.15) is 5.56 Å². The Morgan fingerprint density at radius 1 is 1.15 bits per heavy atom. The summed E-state index contributed by atoms with van der Waals surface area (Å²) in [5.74, 6) is 3.04. The first kappa shape index (κ1) is 17.2. The van der Waals surface area contributed by atoms with E-state index >= 15 is 0 Å². The molecule has 0 bridgehead atoms. The molecule has 0 unspecified atom stereocenters. The van der Waals surface area contributed by atoms with Gasteiger partial charge in [-0.2, -0.15) is 10.1 Å². The van der Waals surface area contributed by atoms with Crippen LogP contribution in [-0.4, -0.2) is 29.1 Å². The fourth-order valence-corrected chi connectivity index (χ4v) is 2.82. The number of hydrogen-bond donors (Lipinski definition) is 2. The van der Waals surface area contributed by atoms with Gasteiger partial charge >= 0.3 is 0 Å². The lowest BCUT2D eigenvalue weighted by Crippen LogP contribution is -2.05. The van der Waals surface area contributed by atoms with E-state index in [0.717, 1.165) is 22.7 Å². The fourth-order valence-electron chi connectivity index (χ4n) is 2.56. The SMILES string of the molecule is COc1ccc(Nc2nncc(NCc3ccc4c(c3)OCO4)n2)cc1Cl. The molecular weight excluding hydrogens is 370 g/mol. The third-order valence-corrected chi connectivity index (χ3v) is 4.17. The Morgan fingerprint density at radius 2 is 2.04 bits per heavy atom. The van der Waals surface area contributed by atoms with Crippen LogP contribution in [0.15, 0.2) is 42.6 Å². The zero-order valence-corrected chi connectivity index (χ0v) is 15.2. The van der Waals surface area contributed by atoms with Crippen LogP contribution in [0.4, 0.5) is 17.5 Å². The predicted molar refractivity (Wildman–Crippen MR) is 101 cm³/mol. The molecule has 0 saturated heterocycles. The summed E-state index contributed by atoms with van der Waals surface area (Å²) in [5.41, 5.74) is 1.77. The smallest absolute Gasteiger partial charge is 0.249 e. The third-order valence-electron chi connectivity index (χ3n) is 3.88. The second-order valence-electron chi connectivity index (χ2n) is 5.68. The minimum Gasteiger partial charge on any atom is -0.495 e. The molecular formula is C18H16ClN5O3. The number of anilines is 3. The zero-order chi connectivity index (χ0) is 18.6. The molecule has 3 aromatic rings. The van der Waals surface area contributed by atoms with E-state index in [2.05, 4.69) is 25.8 Å². The lowest BCUT2D eigenvalue weighted by atomic mass is 10.2. The van der Waals surface area contributed by atoms with Gasteiger partial charge in [0.05, 0.1) is 18.3 Å². The maximum absolute atomic E-state index is 6.13. The minimum atomic E-state index is 0.256. The number of nitrogens with zero attached hydrogens (tertiary/aromatic N) is 3. The summed E-state index contributed by atoms with van der Waals surface area (Å²) in [4.78, 5) is 4.40. The summed E-state index contributed by atoms with van der Waals surface area (Å²) in [5, 5.41) is 14.7. The van der Waals surface area contributed by atoms with Crippen molar-refractivity contribution in [2.45, 2.75) is 6.54 Å². The van der Waals surface area contributed by atoms with Gasteiger partial charge in [0.1, 0.15) is 5.75 Å². The Labute approximate surface area is 160 Å². The van der Waals surface area contributed by atoms with Crippen molar-refractivity contribution in [3.8, 4) is 17.2 Å². The van der Waals surface area contributed by atoms with E-state index in [0.29, 0.717) is 29.1 Å². The van der Waals surface area contributed by atoms with Crippen LogP contribution in [0.5, 0.6) is 17.2 Å². The lowest BCUT2D eigenvalue weighted by molar-refractivity contribution is 0.174. The van der Waals surface area contributed by atoms with Crippen LogP contribution >= 0.6 is 11.6 Å². The highest BCUT2D eigenvalue weighted by Gasteiger charge is 2.13. The molecule has 0 fully saturated rings. The molecule has 0 amide bonds. The number of halogens is 1. The van der Waals surface area contributed by atoms with Gasteiger partial charge in [-0.1, -0.05) is 17.7 Å². The molecule has 4 rings (SSSR count). The molecule has 1 aliphatic heterocycles. The Kier molecular flexibility index (Phi) is 4.80. The summed E-state index contributed by atoms with van der Waals surface area (Å²) in [6, 6.07) is 11.1. The van der Waals surface area contributed by atoms with Gasteiger partial charge in [-0.3, -0.25) is 0 Å². The van der Waals surface area contributed by atoms with Crippen molar-refractivity contribution in [2.24, 2.45) is 0 Å². The Balaban J connectivity index is 1.42. The van der Waals surface area contributed by atoms with Crippen molar-refractivity contribution in [3.05, 3.63) is 53.2 Å². The number of nitrogens with one attached hydrogen (secondary N) is 2. The molecule has 0 saturated carbocycles. The van der Waals surface area contributed by atoms with Crippen molar-refractivity contribution >= 4 is 29.1 Å². The molecule has 0 spiro atoms. The van der Waals surface area contributed by atoms with Crippen molar-refractivity contribution in [1.29, 1.82) is 0 Å². The second-order valence-corrected chi connectivity index (χ2v) is 6.09. The summed E-state index contributed by atoms with van der Waals surface area (Å²) in [6.07, 6.45) is 1.55. The quantitative estimate of drug-likeness (QED) is 0.665. The van der Waals surface area contributed by atoms with Crippen LogP contribution in [0.25, 0.3) is 0 Å². The maximum atomic E-state index is 6.13. The molecule has 2 aromatic carbocycles. The van der Waals surface area contributed by atoms with Gasteiger partial charge in [0.15, 0.2) is 17.3 Å². The first-order valence-electron chi connectivity index (χ1n) is 8.14. The molecule has 1 aromatic heterocycles. The molecule has 9 heteroatoms. The molecule has 1 aliphatic rings. The van der Waals surface area contributed by atoms with Gasteiger partial charge in [-0.05, 0) is 35.9 Å². The van der Waals surface area contributed by atoms with Crippen LogP contribution in [0, 0.1) is 0 Å². The van der Waals surface area contributed by atoms with E-state index in [1.165, 1.54) is 0 Å². The highest BCUT2D eigenvalue weighted by molar-refractivity contribution is 6.32. The standard InChI is InChI=1S/C18H16ClN5O3/c1-25-14-5-3-12(7-13(14)19)22-18-23-17(9-21-24-18)20-8-11-2-4-15-16(6-11)27-10-26-15/h2-7,9H,8,10H2,1H3,(H2,20,22,23,24). The van der Waals surface area contributed by atoms with Crippen molar-refractivity contribution < 1.29 is 14.2 Å². The van der Waals surface area contributed by atoms with Crippen LogP contribution in [-0.2, 0) is 6.54 Å². The monoisotopic (exact) mass is 385 g/mol. The largest absolute Gasteiger partial charge is 0.495 e. The van der Waals surface area contributed by atoms with Gasteiger partial charge in [-0.15, -0.1) is 5.10 Å². The number of fused-ring (bicyclic) bond motifs is 1. The van der Waals surface area contributed by atoms with E-state index in [9.17, 15) is 0 Å². The Bertz CT molecular complexity index is 969. The molecule has 2 heterocycles. The number of ether oxygens (including phenoxy) is 3. The molecule has 27 heavy (non-hydrogen) atoms. The first-order valence-corrected chi connectivity index (χ1v) is 8.52. The summed E-state index contributed by atoms with van der Waals surface area (Å²) in [7, 11) is 1.57. The van der Waals surface area contributed by atoms with E-state index in [1.807, 2.05) is 24.3 Å².